The van der Waals surface area contributed by atoms with Gasteiger partial charge < -0.3 is 5.11 Å². The SMILES string of the molecule is CC1CC1CN(C)S(=O)(=O)c1ccc(O)cc1. The van der Waals surface area contributed by atoms with Crippen LogP contribution in [0.4, 0.5) is 0 Å². The van der Waals surface area contributed by atoms with Crippen molar-refractivity contribution < 1.29 is 13.5 Å². The largest absolute Gasteiger partial charge is 0.508 e. The molecule has 5 heteroatoms. The molecule has 4 nitrogen and oxygen atoms in total. The molecule has 0 amide bonds. The molecule has 2 unspecified atom stereocenters. The molecule has 1 aromatic rings. The maximum atomic E-state index is 12.2. The molecule has 2 rings (SSSR count). The number of sulfonamides is 1. The number of nitrogens with zero attached hydrogens (tertiary/aromatic N) is 1. The van der Waals surface area contributed by atoms with Crippen LogP contribution in [0, 0.1) is 11.8 Å². The number of aromatic hydroxyl groups is 1. The van der Waals surface area contributed by atoms with Crippen molar-refractivity contribution in [3.05, 3.63) is 24.3 Å². The summed E-state index contributed by atoms with van der Waals surface area (Å²) in [5, 5.41) is 9.14. The summed E-state index contributed by atoms with van der Waals surface area (Å²) in [7, 11) is -1.81. The highest BCUT2D eigenvalue weighted by Gasteiger charge is 2.36. The van der Waals surface area contributed by atoms with Crippen molar-refractivity contribution in [3.63, 3.8) is 0 Å². The van der Waals surface area contributed by atoms with Gasteiger partial charge in [-0.3, -0.25) is 0 Å². The van der Waals surface area contributed by atoms with E-state index in [9.17, 15) is 8.42 Å². The molecule has 1 aliphatic rings. The van der Waals surface area contributed by atoms with E-state index < -0.39 is 10.0 Å². The first-order valence-corrected chi connectivity index (χ1v) is 7.10. The molecule has 0 aliphatic heterocycles. The van der Waals surface area contributed by atoms with Crippen molar-refractivity contribution in [2.45, 2.75) is 18.2 Å². The number of benzene rings is 1. The third kappa shape index (κ3) is 2.61. The molecule has 1 aromatic carbocycles. The average Bonchev–Trinajstić information content (AvgIpc) is 2.94. The van der Waals surface area contributed by atoms with Crippen LogP contribution in [-0.2, 0) is 10.0 Å². The first-order chi connectivity index (χ1) is 7.91. The van der Waals surface area contributed by atoms with Crippen LogP contribution in [0.2, 0.25) is 0 Å². The van der Waals surface area contributed by atoms with Gasteiger partial charge >= 0.3 is 0 Å². The zero-order chi connectivity index (χ0) is 12.6. The summed E-state index contributed by atoms with van der Waals surface area (Å²) < 4.78 is 25.7. The Morgan fingerprint density at radius 1 is 1.35 bits per heavy atom. The number of phenols is 1. The van der Waals surface area contributed by atoms with Gasteiger partial charge in [0.25, 0.3) is 0 Å². The van der Waals surface area contributed by atoms with Gasteiger partial charge in [-0.25, -0.2) is 12.7 Å². The molecule has 1 fully saturated rings. The molecule has 1 saturated carbocycles. The Kier molecular flexibility index (Phi) is 3.14. The second-order valence-electron chi connectivity index (χ2n) is 4.75. The minimum absolute atomic E-state index is 0.0717. The molecule has 1 aliphatic carbocycles. The smallest absolute Gasteiger partial charge is 0.242 e. The Morgan fingerprint density at radius 2 is 1.88 bits per heavy atom. The number of hydrogen-bond acceptors (Lipinski definition) is 3. The van der Waals surface area contributed by atoms with Crippen molar-refractivity contribution in [3.8, 4) is 5.75 Å². The van der Waals surface area contributed by atoms with E-state index in [-0.39, 0.29) is 10.6 Å². The fraction of sp³-hybridized carbons (Fsp3) is 0.500. The summed E-state index contributed by atoms with van der Waals surface area (Å²) in [6, 6.07) is 5.63. The summed E-state index contributed by atoms with van der Waals surface area (Å²) in [6.07, 6.45) is 1.11. The quantitative estimate of drug-likeness (QED) is 0.890. The molecule has 0 spiro atoms. The Balaban J connectivity index is 2.14. The van der Waals surface area contributed by atoms with Gasteiger partial charge in [-0.05, 0) is 42.5 Å². The van der Waals surface area contributed by atoms with Gasteiger partial charge in [-0.1, -0.05) is 6.92 Å². The summed E-state index contributed by atoms with van der Waals surface area (Å²) in [6.45, 7) is 2.70. The van der Waals surface area contributed by atoms with Crippen LogP contribution in [-0.4, -0.2) is 31.4 Å². The van der Waals surface area contributed by atoms with Gasteiger partial charge in [0.15, 0.2) is 0 Å². The van der Waals surface area contributed by atoms with Crippen molar-refractivity contribution in [2.24, 2.45) is 11.8 Å². The van der Waals surface area contributed by atoms with Gasteiger partial charge in [0, 0.05) is 13.6 Å². The number of rotatable bonds is 4. The molecule has 0 saturated heterocycles. The topological polar surface area (TPSA) is 57.6 Å². The predicted octanol–water partition coefficient (Wildman–Crippen LogP) is 1.67. The molecule has 0 heterocycles. The van der Waals surface area contributed by atoms with Gasteiger partial charge in [-0.15, -0.1) is 0 Å². The van der Waals surface area contributed by atoms with Gasteiger partial charge in [0.05, 0.1) is 4.90 Å². The Morgan fingerprint density at radius 3 is 2.35 bits per heavy atom. The second-order valence-corrected chi connectivity index (χ2v) is 6.80. The van der Waals surface area contributed by atoms with Crippen LogP contribution < -0.4 is 0 Å². The van der Waals surface area contributed by atoms with Gasteiger partial charge in [0.1, 0.15) is 5.75 Å². The minimum Gasteiger partial charge on any atom is -0.508 e. The van der Waals surface area contributed by atoms with Crippen LogP contribution >= 0.6 is 0 Å². The summed E-state index contributed by atoms with van der Waals surface area (Å²) in [4.78, 5) is 0.228. The van der Waals surface area contributed by atoms with Crippen LogP contribution in [0.1, 0.15) is 13.3 Å². The molecular formula is C12H17NO3S. The van der Waals surface area contributed by atoms with E-state index in [0.29, 0.717) is 18.4 Å². The molecule has 0 aromatic heterocycles. The monoisotopic (exact) mass is 255 g/mol. The number of phenolic OH excluding ortho intramolecular Hbond substituents is 1. The Hall–Kier alpha value is -1.07. The van der Waals surface area contributed by atoms with Crippen LogP contribution in [0.5, 0.6) is 5.75 Å². The number of hydrogen-bond donors (Lipinski definition) is 1. The lowest BCUT2D eigenvalue weighted by Gasteiger charge is -2.17. The summed E-state index contributed by atoms with van der Waals surface area (Å²) >= 11 is 0. The van der Waals surface area contributed by atoms with E-state index in [1.807, 2.05) is 0 Å². The highest BCUT2D eigenvalue weighted by molar-refractivity contribution is 7.89. The van der Waals surface area contributed by atoms with E-state index in [0.717, 1.165) is 6.42 Å². The first-order valence-electron chi connectivity index (χ1n) is 5.66. The first kappa shape index (κ1) is 12.4. The van der Waals surface area contributed by atoms with E-state index in [1.165, 1.54) is 28.6 Å². The maximum Gasteiger partial charge on any atom is 0.242 e. The zero-order valence-electron chi connectivity index (χ0n) is 10.00. The standard InChI is InChI=1S/C12H17NO3S/c1-9-7-10(9)8-13(2)17(15,16)12-5-3-11(14)4-6-12/h3-6,9-10,14H,7-8H2,1-2H3. The minimum atomic E-state index is -3.41. The second kappa shape index (κ2) is 4.31. The summed E-state index contributed by atoms with van der Waals surface area (Å²) in [5.41, 5.74) is 0. The molecule has 0 radical (unpaired) electrons. The highest BCUT2D eigenvalue weighted by atomic mass is 32.2. The van der Waals surface area contributed by atoms with E-state index in [2.05, 4.69) is 6.92 Å². The van der Waals surface area contributed by atoms with Crippen LogP contribution in [0.25, 0.3) is 0 Å². The fourth-order valence-electron chi connectivity index (χ4n) is 1.88. The predicted molar refractivity (Wildman–Crippen MR) is 65.2 cm³/mol. The van der Waals surface area contributed by atoms with Gasteiger partial charge in [-0.2, -0.15) is 0 Å². The van der Waals surface area contributed by atoms with Crippen molar-refractivity contribution in [1.82, 2.24) is 4.31 Å². The Labute approximate surface area is 102 Å². The van der Waals surface area contributed by atoms with Crippen LogP contribution in [0.3, 0.4) is 0 Å². The van der Waals surface area contributed by atoms with Crippen molar-refractivity contribution in [2.75, 3.05) is 13.6 Å². The lowest BCUT2D eigenvalue weighted by Crippen LogP contribution is -2.29. The molecule has 17 heavy (non-hydrogen) atoms. The van der Waals surface area contributed by atoms with Crippen molar-refractivity contribution in [1.29, 1.82) is 0 Å². The van der Waals surface area contributed by atoms with E-state index in [4.69, 9.17) is 5.11 Å². The molecule has 94 valence electrons. The lowest BCUT2D eigenvalue weighted by molar-refractivity contribution is 0.444. The molecular weight excluding hydrogens is 238 g/mol. The third-order valence-electron chi connectivity index (χ3n) is 3.31. The van der Waals surface area contributed by atoms with E-state index >= 15 is 0 Å². The summed E-state index contributed by atoms with van der Waals surface area (Å²) in [5.74, 6) is 1.20. The Bertz CT molecular complexity index is 495. The van der Waals surface area contributed by atoms with Gasteiger partial charge in [0.2, 0.25) is 10.0 Å². The maximum absolute atomic E-state index is 12.2. The fourth-order valence-corrected chi connectivity index (χ4v) is 3.11. The van der Waals surface area contributed by atoms with Crippen LogP contribution in [0.15, 0.2) is 29.2 Å². The molecule has 2 atom stereocenters. The molecule has 0 bridgehead atoms. The third-order valence-corrected chi connectivity index (χ3v) is 5.15. The average molecular weight is 255 g/mol. The lowest BCUT2D eigenvalue weighted by atomic mass is 10.3. The van der Waals surface area contributed by atoms with E-state index in [1.54, 1.807) is 7.05 Å². The molecule has 1 N–H and O–H groups in total. The zero-order valence-corrected chi connectivity index (χ0v) is 10.8. The normalized spacial score (nSPS) is 23.9. The van der Waals surface area contributed by atoms with Crippen molar-refractivity contribution >= 4 is 10.0 Å². The highest BCUT2D eigenvalue weighted by Crippen LogP contribution is 2.38.